The van der Waals surface area contributed by atoms with Crippen molar-refractivity contribution in [1.29, 1.82) is 0 Å². The molecule has 1 aliphatic rings. The summed E-state index contributed by atoms with van der Waals surface area (Å²) in [6.45, 7) is 0. The maximum absolute atomic E-state index is 14.6. The van der Waals surface area contributed by atoms with E-state index in [1.165, 1.54) is 24.4 Å². The molecule has 10 heteroatoms. The van der Waals surface area contributed by atoms with Gasteiger partial charge in [-0.25, -0.2) is 18.8 Å². The molecule has 34 heavy (non-hydrogen) atoms. The monoisotopic (exact) mass is 474 g/mol. The number of carbonyl (C=O) groups excluding carboxylic acids is 2. The van der Waals surface area contributed by atoms with Crippen molar-refractivity contribution in [2.45, 2.75) is 25.4 Å². The average molecular weight is 474 g/mol. The number of aromatic nitrogens is 1. The fourth-order valence-corrected chi connectivity index (χ4v) is 3.43. The first-order valence-corrected chi connectivity index (χ1v) is 9.98. The molecular formula is C24H15F5N2O3. The van der Waals surface area contributed by atoms with Crippen molar-refractivity contribution in [1.82, 2.24) is 4.98 Å². The average Bonchev–Trinajstić information content (AvgIpc) is 2.77. The Bertz CT molecular complexity index is 1320. The molecule has 2 aromatic carbocycles. The Morgan fingerprint density at radius 1 is 0.971 bits per heavy atom. The van der Waals surface area contributed by atoms with Gasteiger partial charge in [0.15, 0.2) is 11.6 Å². The molecule has 0 saturated heterocycles. The number of rotatable bonds is 6. The molecule has 1 aromatic heterocycles. The Morgan fingerprint density at radius 3 is 2.47 bits per heavy atom. The molecule has 0 aliphatic carbocycles. The Hall–Kier alpha value is -3.95. The smallest absolute Gasteiger partial charge is 0.416 e. The quantitative estimate of drug-likeness (QED) is 0.452. The molecular weight excluding hydrogens is 459 g/mol. The summed E-state index contributed by atoms with van der Waals surface area (Å²) >= 11 is 0. The van der Waals surface area contributed by atoms with E-state index in [0.29, 0.717) is 29.6 Å². The summed E-state index contributed by atoms with van der Waals surface area (Å²) < 4.78 is 72.7. The number of carbonyl (C=O) groups is 2. The third-order valence-corrected chi connectivity index (χ3v) is 5.07. The fourth-order valence-electron chi connectivity index (χ4n) is 3.43. The zero-order valence-corrected chi connectivity index (χ0v) is 17.3. The number of aliphatic imine (C=N–C) groups is 1. The van der Waals surface area contributed by atoms with Crippen LogP contribution in [0.4, 0.5) is 27.8 Å². The van der Waals surface area contributed by atoms with Gasteiger partial charge in [0.2, 0.25) is 0 Å². The molecule has 1 aliphatic heterocycles. The van der Waals surface area contributed by atoms with Crippen molar-refractivity contribution in [3.63, 3.8) is 0 Å². The van der Waals surface area contributed by atoms with E-state index in [9.17, 15) is 31.5 Å². The van der Waals surface area contributed by atoms with Crippen LogP contribution in [0.5, 0.6) is 11.5 Å². The summed E-state index contributed by atoms with van der Waals surface area (Å²) in [5.74, 6) is -1.94. The Morgan fingerprint density at radius 2 is 1.74 bits per heavy atom. The van der Waals surface area contributed by atoms with E-state index in [1.54, 1.807) is 0 Å². The predicted octanol–water partition coefficient (Wildman–Crippen LogP) is 5.35. The normalized spacial score (nSPS) is 13.0. The summed E-state index contributed by atoms with van der Waals surface area (Å²) in [7, 11) is 0. The van der Waals surface area contributed by atoms with Crippen LogP contribution in [-0.2, 0) is 35.0 Å². The van der Waals surface area contributed by atoms with Crippen molar-refractivity contribution in [3.8, 4) is 11.5 Å². The van der Waals surface area contributed by atoms with Gasteiger partial charge in [-0.2, -0.15) is 13.2 Å². The minimum atomic E-state index is -4.68. The number of hydrogen-bond acceptors (Lipinski definition) is 5. The highest BCUT2D eigenvalue weighted by Crippen LogP contribution is 2.33. The number of ether oxygens (including phenoxy) is 1. The number of halogens is 5. The third-order valence-electron chi connectivity index (χ3n) is 5.07. The van der Waals surface area contributed by atoms with Gasteiger partial charge in [-0.1, -0.05) is 6.07 Å². The van der Waals surface area contributed by atoms with Crippen molar-refractivity contribution >= 4 is 23.6 Å². The van der Waals surface area contributed by atoms with Crippen LogP contribution in [-0.4, -0.2) is 22.8 Å². The van der Waals surface area contributed by atoms with Crippen molar-refractivity contribution < 1.29 is 36.3 Å². The van der Waals surface area contributed by atoms with Crippen LogP contribution in [0.25, 0.3) is 0 Å². The number of benzene rings is 2. The van der Waals surface area contributed by atoms with Gasteiger partial charge in [-0.05, 0) is 41.5 Å². The lowest BCUT2D eigenvalue weighted by molar-refractivity contribution is -0.137. The number of fused-ring (bicyclic) bond motifs is 1. The van der Waals surface area contributed by atoms with Gasteiger partial charge in [0.25, 0.3) is 0 Å². The predicted molar refractivity (Wildman–Crippen MR) is 111 cm³/mol. The lowest BCUT2D eigenvalue weighted by Crippen LogP contribution is -2.12. The topological polar surface area (TPSA) is 68.6 Å². The summed E-state index contributed by atoms with van der Waals surface area (Å²) in [4.78, 5) is 31.9. The molecule has 0 N–H and O–H groups in total. The van der Waals surface area contributed by atoms with Gasteiger partial charge in [0.1, 0.15) is 28.9 Å². The minimum absolute atomic E-state index is 0.0266. The second kappa shape index (κ2) is 9.12. The van der Waals surface area contributed by atoms with E-state index in [1.807, 2.05) is 0 Å². The first kappa shape index (κ1) is 23.2. The molecule has 4 rings (SSSR count). The second-order valence-corrected chi connectivity index (χ2v) is 7.56. The highest BCUT2D eigenvalue weighted by Gasteiger charge is 2.31. The zero-order chi connectivity index (χ0) is 24.5. The van der Waals surface area contributed by atoms with E-state index < -0.39 is 47.6 Å². The lowest BCUT2D eigenvalue weighted by atomic mass is 10.00. The summed E-state index contributed by atoms with van der Waals surface area (Å²) in [6, 6.07) is 7.04. The molecule has 0 atom stereocenters. The third kappa shape index (κ3) is 5.16. The molecule has 0 spiro atoms. The molecule has 0 unspecified atom stereocenters. The number of nitrogens with zero attached hydrogens (tertiary/aromatic N) is 2. The van der Waals surface area contributed by atoms with Crippen LogP contribution in [0.3, 0.4) is 0 Å². The van der Waals surface area contributed by atoms with Gasteiger partial charge < -0.3 is 4.74 Å². The number of pyridine rings is 1. The summed E-state index contributed by atoms with van der Waals surface area (Å²) in [6.07, 6.45) is -3.13. The Kier molecular flexibility index (Phi) is 6.23. The molecule has 0 radical (unpaired) electrons. The highest BCUT2D eigenvalue weighted by molar-refractivity contribution is 6.29. The molecule has 0 amide bonds. The van der Waals surface area contributed by atoms with Gasteiger partial charge in [-0.3, -0.25) is 9.59 Å². The Labute approximate surface area is 189 Å². The highest BCUT2D eigenvalue weighted by atomic mass is 19.4. The van der Waals surface area contributed by atoms with E-state index >= 15 is 0 Å². The van der Waals surface area contributed by atoms with E-state index in [0.717, 1.165) is 12.3 Å². The van der Waals surface area contributed by atoms with Crippen LogP contribution in [0.2, 0.25) is 0 Å². The number of ketones is 2. The molecule has 174 valence electrons. The summed E-state index contributed by atoms with van der Waals surface area (Å²) in [5, 5.41) is 0. The lowest BCUT2D eigenvalue weighted by Gasteiger charge is -2.14. The largest absolute Gasteiger partial charge is 0.457 e. The first-order valence-electron chi connectivity index (χ1n) is 9.98. The Balaban J connectivity index is 1.47. The van der Waals surface area contributed by atoms with Crippen LogP contribution >= 0.6 is 0 Å². The van der Waals surface area contributed by atoms with Gasteiger partial charge in [-0.15, -0.1) is 0 Å². The molecule has 2 heterocycles. The number of Topliss-reactive ketones (excluding diaryl/α,β-unsaturated/α-hetero) is 2. The van der Waals surface area contributed by atoms with Crippen LogP contribution in [0, 0.1) is 11.6 Å². The van der Waals surface area contributed by atoms with Crippen molar-refractivity contribution in [3.05, 3.63) is 82.5 Å². The number of hydrogen-bond donors (Lipinski definition) is 0. The fraction of sp³-hybridized carbons (Fsp3) is 0.167. The van der Waals surface area contributed by atoms with E-state index in [2.05, 4.69) is 9.98 Å². The summed E-state index contributed by atoms with van der Waals surface area (Å²) in [5.41, 5.74) is -1.06. The van der Waals surface area contributed by atoms with Crippen molar-refractivity contribution in [2.75, 3.05) is 0 Å². The second-order valence-electron chi connectivity index (χ2n) is 7.56. The molecule has 0 fully saturated rings. The maximum atomic E-state index is 14.6. The van der Waals surface area contributed by atoms with E-state index in [4.69, 9.17) is 4.74 Å². The maximum Gasteiger partial charge on any atom is 0.416 e. The van der Waals surface area contributed by atoms with Crippen LogP contribution < -0.4 is 4.74 Å². The zero-order valence-electron chi connectivity index (χ0n) is 17.3. The van der Waals surface area contributed by atoms with Gasteiger partial charge >= 0.3 is 6.18 Å². The molecule has 0 saturated carbocycles. The first-order chi connectivity index (χ1) is 16.1. The number of alkyl halides is 3. The standard InChI is InChI=1S/C24H15F5N2O3/c25-20-4-2-15(24(27,28)29)7-14(20)9-16(32)8-13-1-3-18(11-21(13)26)34-22-5-6-30-23-19(22)10-17(33)12-31-23/h1-7,11-12H,8-10H2. The minimum Gasteiger partial charge on any atom is -0.457 e. The van der Waals surface area contributed by atoms with Gasteiger partial charge in [0, 0.05) is 37.1 Å². The molecule has 3 aromatic rings. The van der Waals surface area contributed by atoms with Crippen LogP contribution in [0.15, 0.2) is 53.7 Å². The molecule has 0 bridgehead atoms. The SMILES string of the molecule is O=C1C=Nc2nccc(Oc3ccc(CC(=O)Cc4cc(C(F)(F)F)ccc4F)c(F)c3)c2C1. The van der Waals surface area contributed by atoms with Crippen molar-refractivity contribution in [2.24, 2.45) is 4.99 Å². The van der Waals surface area contributed by atoms with E-state index in [-0.39, 0.29) is 29.3 Å². The van der Waals surface area contributed by atoms with Crippen LogP contribution in [0.1, 0.15) is 22.3 Å². The molecule has 5 nitrogen and oxygen atoms in total. The van der Waals surface area contributed by atoms with Gasteiger partial charge in [0.05, 0.1) is 11.8 Å².